The van der Waals surface area contributed by atoms with Crippen LogP contribution in [0.4, 0.5) is 5.69 Å². The summed E-state index contributed by atoms with van der Waals surface area (Å²) in [5.41, 5.74) is 2.77. The Morgan fingerprint density at radius 3 is 2.38 bits per heavy atom. The van der Waals surface area contributed by atoms with Crippen LogP contribution >= 0.6 is 0 Å². The molecule has 7 heteroatoms. The number of amides is 2. The van der Waals surface area contributed by atoms with Gasteiger partial charge in [-0.05, 0) is 30.2 Å². The molecule has 3 aromatic rings. The number of hydrogen-bond donors (Lipinski definition) is 1. The first-order chi connectivity index (χ1) is 15.5. The number of nitrogens with one attached hydrogen (secondary N) is 1. The molecule has 1 atom stereocenters. The summed E-state index contributed by atoms with van der Waals surface area (Å²) >= 11 is 0. The third-order valence-corrected chi connectivity index (χ3v) is 5.67. The lowest BCUT2D eigenvalue weighted by Gasteiger charge is -2.27. The van der Waals surface area contributed by atoms with Crippen LogP contribution in [0.5, 0.6) is 11.5 Å². The third-order valence-electron chi connectivity index (χ3n) is 5.67. The van der Waals surface area contributed by atoms with Crippen molar-refractivity contribution >= 4 is 23.3 Å². The van der Waals surface area contributed by atoms with Crippen LogP contribution in [0.1, 0.15) is 44.8 Å². The van der Waals surface area contributed by atoms with Crippen LogP contribution in [0.3, 0.4) is 0 Å². The van der Waals surface area contributed by atoms with Gasteiger partial charge in [0.2, 0.25) is 6.79 Å². The van der Waals surface area contributed by atoms with E-state index in [0.717, 1.165) is 5.56 Å². The van der Waals surface area contributed by atoms with Crippen molar-refractivity contribution in [2.45, 2.75) is 19.5 Å². The molecule has 2 amide bonds. The summed E-state index contributed by atoms with van der Waals surface area (Å²) in [6.07, 6.45) is 0. The summed E-state index contributed by atoms with van der Waals surface area (Å²) in [4.78, 5) is 40.5. The number of ketones is 1. The molecular weight excluding hydrogens is 408 g/mol. The van der Waals surface area contributed by atoms with E-state index in [9.17, 15) is 14.4 Å². The fraction of sp³-hybridized carbons (Fsp3) is 0.160. The number of hydrogen-bond acceptors (Lipinski definition) is 5. The van der Waals surface area contributed by atoms with Gasteiger partial charge < -0.3 is 19.7 Å². The monoisotopic (exact) mass is 428 g/mol. The highest BCUT2D eigenvalue weighted by molar-refractivity contribution is 6.08. The molecule has 0 fully saturated rings. The summed E-state index contributed by atoms with van der Waals surface area (Å²) in [6.45, 7) is 1.79. The number of benzene rings is 3. The molecule has 3 aromatic carbocycles. The molecule has 0 radical (unpaired) electrons. The second-order valence-electron chi connectivity index (χ2n) is 7.70. The van der Waals surface area contributed by atoms with E-state index in [1.54, 1.807) is 23.1 Å². The van der Waals surface area contributed by atoms with Crippen LogP contribution < -0.4 is 14.8 Å². The molecule has 0 bridgehead atoms. The van der Waals surface area contributed by atoms with Gasteiger partial charge in [-0.3, -0.25) is 14.4 Å². The molecule has 2 heterocycles. The lowest BCUT2D eigenvalue weighted by molar-refractivity contribution is -0.120. The first-order valence-electron chi connectivity index (χ1n) is 10.2. The van der Waals surface area contributed by atoms with Crippen molar-refractivity contribution in [1.82, 2.24) is 4.90 Å². The van der Waals surface area contributed by atoms with Gasteiger partial charge in [-0.2, -0.15) is 0 Å². The Hall–Kier alpha value is -4.13. The minimum absolute atomic E-state index is 0.0528. The quantitative estimate of drug-likeness (QED) is 0.622. The topological polar surface area (TPSA) is 84.9 Å². The van der Waals surface area contributed by atoms with E-state index in [1.807, 2.05) is 48.5 Å². The number of nitrogens with zero attached hydrogens (tertiary/aromatic N) is 1. The number of ether oxygens (including phenoxy) is 2. The summed E-state index contributed by atoms with van der Waals surface area (Å²) < 4.78 is 10.8. The number of fused-ring (bicyclic) bond motifs is 2. The minimum Gasteiger partial charge on any atom is -0.454 e. The summed E-state index contributed by atoms with van der Waals surface area (Å²) in [5, 5.41) is 2.86. The Labute approximate surface area is 184 Å². The Morgan fingerprint density at radius 2 is 1.66 bits per heavy atom. The zero-order valence-corrected chi connectivity index (χ0v) is 17.3. The smallest absolute Gasteiger partial charge is 0.255 e. The van der Waals surface area contributed by atoms with Crippen molar-refractivity contribution in [2.75, 3.05) is 12.1 Å². The van der Waals surface area contributed by atoms with E-state index < -0.39 is 11.9 Å². The van der Waals surface area contributed by atoms with E-state index in [0.29, 0.717) is 40.4 Å². The Bertz CT molecular complexity index is 1240. The van der Waals surface area contributed by atoms with E-state index in [-0.39, 0.29) is 18.5 Å². The van der Waals surface area contributed by atoms with Gasteiger partial charge in [0, 0.05) is 23.7 Å². The largest absolute Gasteiger partial charge is 0.454 e. The van der Waals surface area contributed by atoms with Crippen molar-refractivity contribution < 1.29 is 23.9 Å². The van der Waals surface area contributed by atoms with Crippen LogP contribution in [0.2, 0.25) is 0 Å². The lowest BCUT2D eigenvalue weighted by Crippen LogP contribution is -2.37. The number of carbonyl (C=O) groups is 3. The normalized spacial score (nSPS) is 14.8. The summed E-state index contributed by atoms with van der Waals surface area (Å²) in [5.74, 6) is 0.0597. The highest BCUT2D eigenvalue weighted by Crippen LogP contribution is 2.38. The average Bonchev–Trinajstić information content (AvgIpc) is 3.38. The maximum absolute atomic E-state index is 13.6. The van der Waals surface area contributed by atoms with Crippen molar-refractivity contribution in [3.05, 3.63) is 89.0 Å². The standard InChI is InChI=1S/C25H20N2O5/c1-15(28)19-11-21-22(32-14-31-21)12-20(19)26-24(29)23(16-7-3-2-4-8-16)27-13-17-9-5-6-10-18(17)25(27)30/h2-12,23H,13-14H2,1H3,(H,26,29)/t23-/m1/s1. The minimum atomic E-state index is -0.874. The molecule has 2 aliphatic heterocycles. The van der Waals surface area contributed by atoms with E-state index in [2.05, 4.69) is 5.32 Å². The highest BCUT2D eigenvalue weighted by Gasteiger charge is 2.37. The number of carbonyl (C=O) groups excluding carboxylic acids is 3. The Morgan fingerprint density at radius 1 is 0.969 bits per heavy atom. The van der Waals surface area contributed by atoms with Gasteiger partial charge in [-0.1, -0.05) is 48.5 Å². The average molecular weight is 428 g/mol. The van der Waals surface area contributed by atoms with Crippen molar-refractivity contribution in [3.8, 4) is 11.5 Å². The van der Waals surface area contributed by atoms with Crippen molar-refractivity contribution in [3.63, 3.8) is 0 Å². The van der Waals surface area contributed by atoms with Gasteiger partial charge in [0.25, 0.3) is 11.8 Å². The number of rotatable bonds is 5. The van der Waals surface area contributed by atoms with Gasteiger partial charge >= 0.3 is 0 Å². The molecule has 2 aliphatic rings. The SMILES string of the molecule is CC(=O)c1cc2c(cc1NC(=O)[C@@H](c1ccccc1)N1Cc3ccccc3C1=O)OCO2. The van der Waals surface area contributed by atoms with Crippen LogP contribution in [-0.2, 0) is 11.3 Å². The molecule has 7 nitrogen and oxygen atoms in total. The zero-order valence-electron chi connectivity index (χ0n) is 17.3. The Kier molecular flexibility index (Phi) is 4.86. The number of anilines is 1. The second kappa shape index (κ2) is 7.85. The van der Waals surface area contributed by atoms with Gasteiger partial charge in [0.05, 0.1) is 5.69 Å². The lowest BCUT2D eigenvalue weighted by atomic mass is 10.0. The Balaban J connectivity index is 1.52. The first kappa shape index (κ1) is 19.8. The molecule has 0 unspecified atom stereocenters. The predicted octanol–water partition coefficient (Wildman–Crippen LogP) is 3.95. The van der Waals surface area contributed by atoms with E-state index in [1.165, 1.54) is 6.92 Å². The predicted molar refractivity (Wildman–Crippen MR) is 117 cm³/mol. The van der Waals surface area contributed by atoms with E-state index >= 15 is 0 Å². The second-order valence-corrected chi connectivity index (χ2v) is 7.70. The van der Waals surface area contributed by atoms with Crippen LogP contribution in [0, 0.1) is 0 Å². The molecule has 0 saturated heterocycles. The molecule has 32 heavy (non-hydrogen) atoms. The van der Waals surface area contributed by atoms with Crippen molar-refractivity contribution in [1.29, 1.82) is 0 Å². The molecular formula is C25H20N2O5. The van der Waals surface area contributed by atoms with Crippen molar-refractivity contribution in [2.24, 2.45) is 0 Å². The maximum atomic E-state index is 13.6. The first-order valence-corrected chi connectivity index (χ1v) is 10.2. The van der Waals surface area contributed by atoms with Crippen LogP contribution in [0.15, 0.2) is 66.7 Å². The molecule has 1 N–H and O–H groups in total. The molecule has 0 aromatic heterocycles. The summed E-state index contributed by atoms with van der Waals surface area (Å²) in [6, 6.07) is 18.7. The molecule has 160 valence electrons. The third kappa shape index (κ3) is 3.37. The fourth-order valence-electron chi connectivity index (χ4n) is 4.13. The summed E-state index contributed by atoms with van der Waals surface area (Å²) in [7, 11) is 0. The molecule has 0 spiro atoms. The zero-order chi connectivity index (χ0) is 22.2. The number of Topliss-reactive ketones (excluding diaryl/α,β-unsaturated/α-hetero) is 1. The van der Waals surface area contributed by atoms with Gasteiger partial charge in [0.1, 0.15) is 6.04 Å². The fourth-order valence-corrected chi connectivity index (χ4v) is 4.13. The molecule has 0 aliphatic carbocycles. The molecule has 0 saturated carbocycles. The van der Waals surface area contributed by atoms with Crippen LogP contribution in [0.25, 0.3) is 0 Å². The molecule has 5 rings (SSSR count). The maximum Gasteiger partial charge on any atom is 0.255 e. The highest BCUT2D eigenvalue weighted by atomic mass is 16.7. The van der Waals surface area contributed by atoms with Gasteiger partial charge in [0.15, 0.2) is 17.3 Å². The van der Waals surface area contributed by atoms with Gasteiger partial charge in [-0.15, -0.1) is 0 Å². The van der Waals surface area contributed by atoms with E-state index in [4.69, 9.17) is 9.47 Å². The van der Waals surface area contributed by atoms with Gasteiger partial charge in [-0.25, -0.2) is 0 Å². The van der Waals surface area contributed by atoms with Crippen LogP contribution in [-0.4, -0.2) is 29.3 Å².